The molecular weight excluding hydrogens is 137 g/mol. The molecule has 0 bridgehead atoms. The summed E-state index contributed by atoms with van der Waals surface area (Å²) < 4.78 is 0.442. The molecule has 0 N–H and O–H groups in total. The second kappa shape index (κ2) is 6.93. The average molecular weight is 141 g/mol. The number of rotatable bonds is 0. The van der Waals surface area contributed by atoms with Crippen LogP contribution in [-0.4, -0.2) is 0 Å². The van der Waals surface area contributed by atoms with Gasteiger partial charge in [-0.25, -0.2) is 0 Å². The van der Waals surface area contributed by atoms with Crippen molar-refractivity contribution < 1.29 is 31.0 Å². The molecule has 0 rings (SSSR count). The molecule has 1 nitrogen and oxygen atoms in total. The summed E-state index contributed by atoms with van der Waals surface area (Å²) in [6, 6.07) is 1.75. The smallest absolute Gasteiger partial charge is 1.00 e. The fraction of sp³-hybridized carbons (Fsp3) is 0. The molecule has 0 amide bonds. The monoisotopic (exact) mass is 141 g/mol. The van der Waals surface area contributed by atoms with Crippen LogP contribution in [-0.2, 0) is 0 Å². The fourth-order valence-electron chi connectivity index (χ4n) is 0.0577. The molecule has 0 aliphatic rings. The van der Waals surface area contributed by atoms with E-state index in [0.717, 1.165) is 0 Å². The van der Waals surface area contributed by atoms with Crippen molar-refractivity contribution in [3.8, 4) is 6.07 Å². The largest absolute Gasteiger partial charge is 1.00 e. The molecule has 7 heavy (non-hydrogen) atoms. The fourth-order valence-corrected chi connectivity index (χ4v) is 0.173. The first-order valence-corrected chi connectivity index (χ1v) is 2.14. The SMILES string of the molecule is N#CC=C(S)S.[H-].[Na+]. The Morgan fingerprint density at radius 2 is 2.14 bits per heavy atom. The van der Waals surface area contributed by atoms with Gasteiger partial charge in [0.1, 0.15) is 0 Å². The van der Waals surface area contributed by atoms with Crippen LogP contribution in [0.3, 0.4) is 0 Å². The second-order valence-corrected chi connectivity index (χ2v) is 1.95. The van der Waals surface area contributed by atoms with E-state index in [9.17, 15) is 0 Å². The summed E-state index contributed by atoms with van der Waals surface area (Å²) in [6.07, 6.45) is 1.24. The van der Waals surface area contributed by atoms with Gasteiger partial charge in [0.05, 0.1) is 6.07 Å². The molecule has 0 heterocycles. The average Bonchev–Trinajstić information content (AvgIpc) is 1.35. The van der Waals surface area contributed by atoms with E-state index in [1.165, 1.54) is 6.08 Å². The third kappa shape index (κ3) is 10.9. The molecule has 0 unspecified atom stereocenters. The van der Waals surface area contributed by atoms with Gasteiger partial charge in [-0.05, 0) is 0 Å². The molecule has 0 aromatic carbocycles. The van der Waals surface area contributed by atoms with Crippen molar-refractivity contribution in [3.63, 3.8) is 0 Å². The van der Waals surface area contributed by atoms with Crippen molar-refractivity contribution in [2.45, 2.75) is 0 Å². The zero-order chi connectivity index (χ0) is 4.99. The minimum atomic E-state index is 0. The normalized spacial score (nSPS) is 5.29. The summed E-state index contributed by atoms with van der Waals surface area (Å²) in [7, 11) is 0. The van der Waals surface area contributed by atoms with Crippen LogP contribution in [0.4, 0.5) is 0 Å². The van der Waals surface area contributed by atoms with Crippen molar-refractivity contribution in [3.05, 3.63) is 10.3 Å². The van der Waals surface area contributed by atoms with E-state index in [1.807, 2.05) is 0 Å². The van der Waals surface area contributed by atoms with E-state index in [4.69, 9.17) is 5.26 Å². The molecule has 0 atom stereocenters. The maximum atomic E-state index is 7.81. The van der Waals surface area contributed by atoms with Gasteiger partial charge in [0.2, 0.25) is 0 Å². The summed E-state index contributed by atoms with van der Waals surface area (Å²) in [5.41, 5.74) is 0. The first-order chi connectivity index (χ1) is 2.77. The zero-order valence-electron chi connectivity index (χ0n) is 4.92. The summed E-state index contributed by atoms with van der Waals surface area (Å²) in [6.45, 7) is 0. The maximum Gasteiger partial charge on any atom is 1.00 e. The zero-order valence-corrected chi connectivity index (χ0v) is 7.71. The minimum Gasteiger partial charge on any atom is -1.00 e. The Morgan fingerprint density at radius 3 is 2.14 bits per heavy atom. The predicted octanol–water partition coefficient (Wildman–Crippen LogP) is -1.67. The molecule has 0 saturated heterocycles. The Labute approximate surface area is 77.4 Å². The molecule has 4 heteroatoms. The molecule has 0 radical (unpaired) electrons. The Morgan fingerprint density at radius 1 is 1.71 bits per heavy atom. The first kappa shape index (κ1) is 10.8. The molecule has 0 fully saturated rings. The van der Waals surface area contributed by atoms with Gasteiger partial charge >= 0.3 is 29.6 Å². The van der Waals surface area contributed by atoms with E-state index in [2.05, 4.69) is 25.3 Å². The third-order valence-corrected chi connectivity index (χ3v) is 0.452. The maximum absolute atomic E-state index is 7.81. The predicted molar refractivity (Wildman–Crippen MR) is 32.8 cm³/mol. The number of hydrogen-bond acceptors (Lipinski definition) is 3. The minimum absolute atomic E-state index is 0. The number of allylic oxidation sites excluding steroid dienone is 1. The number of hydrogen-bond donors (Lipinski definition) is 2. The van der Waals surface area contributed by atoms with Crippen molar-refractivity contribution in [2.75, 3.05) is 0 Å². The van der Waals surface area contributed by atoms with Crippen molar-refractivity contribution in [1.29, 1.82) is 5.26 Å². The van der Waals surface area contributed by atoms with Crippen LogP contribution in [0.5, 0.6) is 0 Å². The summed E-state index contributed by atoms with van der Waals surface area (Å²) in [5, 5.41) is 7.81. The van der Waals surface area contributed by atoms with Crippen molar-refractivity contribution >= 4 is 25.3 Å². The molecule has 0 aromatic rings. The van der Waals surface area contributed by atoms with Gasteiger partial charge in [0.25, 0.3) is 0 Å². The van der Waals surface area contributed by atoms with Crippen LogP contribution in [0.2, 0.25) is 0 Å². The van der Waals surface area contributed by atoms with E-state index in [0.29, 0.717) is 4.24 Å². The van der Waals surface area contributed by atoms with Crippen LogP contribution < -0.4 is 29.6 Å². The topological polar surface area (TPSA) is 23.8 Å². The second-order valence-electron chi connectivity index (χ2n) is 0.632. The Bertz CT molecular complexity index is 104. The molecule has 0 aromatic heterocycles. The third-order valence-electron chi connectivity index (χ3n) is 0.194. The molecule has 34 valence electrons. The number of thiol groups is 2. The van der Waals surface area contributed by atoms with Crippen molar-refractivity contribution in [2.24, 2.45) is 0 Å². The first-order valence-electron chi connectivity index (χ1n) is 1.25. The van der Waals surface area contributed by atoms with Gasteiger partial charge in [-0.15, -0.1) is 25.3 Å². The van der Waals surface area contributed by atoms with Crippen LogP contribution in [0.15, 0.2) is 10.3 Å². The van der Waals surface area contributed by atoms with Crippen molar-refractivity contribution in [1.82, 2.24) is 0 Å². The Kier molecular flexibility index (Phi) is 10.7. The standard InChI is InChI=1S/C3H3NS2.Na.H/c4-2-1-3(5)6;;/h1,5-6H;;/q;+1;-1. The van der Waals surface area contributed by atoms with E-state index in [1.54, 1.807) is 6.07 Å². The molecule has 0 aliphatic heterocycles. The van der Waals surface area contributed by atoms with E-state index in [-0.39, 0.29) is 31.0 Å². The number of nitriles is 1. The Balaban J connectivity index is -0.000000125. The van der Waals surface area contributed by atoms with Crippen LogP contribution in [0, 0.1) is 11.3 Å². The quantitative estimate of drug-likeness (QED) is 0.235. The Hall–Kier alpha value is 0.930. The van der Waals surface area contributed by atoms with Crippen LogP contribution >= 0.6 is 25.3 Å². The van der Waals surface area contributed by atoms with Crippen LogP contribution in [0.1, 0.15) is 1.43 Å². The van der Waals surface area contributed by atoms with Gasteiger partial charge in [-0.2, -0.15) is 5.26 Å². The van der Waals surface area contributed by atoms with Gasteiger partial charge < -0.3 is 1.43 Å². The molecular formula is C3H4NNaS2. The van der Waals surface area contributed by atoms with Gasteiger partial charge in [0.15, 0.2) is 0 Å². The van der Waals surface area contributed by atoms with Gasteiger partial charge in [-0.3, -0.25) is 0 Å². The summed E-state index contributed by atoms with van der Waals surface area (Å²) in [5.74, 6) is 0. The van der Waals surface area contributed by atoms with E-state index >= 15 is 0 Å². The summed E-state index contributed by atoms with van der Waals surface area (Å²) >= 11 is 7.36. The molecule has 0 spiro atoms. The summed E-state index contributed by atoms with van der Waals surface area (Å²) in [4.78, 5) is 0. The van der Waals surface area contributed by atoms with Gasteiger partial charge in [-0.1, -0.05) is 0 Å². The molecule has 0 aliphatic carbocycles. The molecule has 0 saturated carbocycles. The number of nitrogens with zero attached hydrogens (tertiary/aromatic N) is 1. The van der Waals surface area contributed by atoms with E-state index < -0.39 is 0 Å². The van der Waals surface area contributed by atoms with Gasteiger partial charge in [0, 0.05) is 10.3 Å². The van der Waals surface area contributed by atoms with Crippen LogP contribution in [0.25, 0.3) is 0 Å².